The standard InChI is InChI=1S/C19H16O8/c20-10-14-9-15(5-6-16(14)27-18(23)8-7-17(21)22)26-11-12-1-3-13(4-2-12)19(24)25/h1-6,9-10H,7-8,11H2,(H,21,22)(H,24,25). The van der Waals surface area contributed by atoms with E-state index in [0.717, 1.165) is 5.56 Å². The molecule has 27 heavy (non-hydrogen) atoms. The van der Waals surface area contributed by atoms with Crippen LogP contribution in [0.15, 0.2) is 42.5 Å². The van der Waals surface area contributed by atoms with Gasteiger partial charge in [-0.1, -0.05) is 12.1 Å². The Labute approximate surface area is 154 Å². The van der Waals surface area contributed by atoms with E-state index in [1.807, 2.05) is 0 Å². The average molecular weight is 372 g/mol. The molecule has 140 valence electrons. The van der Waals surface area contributed by atoms with Crippen LogP contribution in [0.3, 0.4) is 0 Å². The Morgan fingerprint density at radius 3 is 2.26 bits per heavy atom. The van der Waals surface area contributed by atoms with Crippen molar-refractivity contribution in [1.82, 2.24) is 0 Å². The van der Waals surface area contributed by atoms with E-state index in [0.29, 0.717) is 12.0 Å². The highest BCUT2D eigenvalue weighted by Crippen LogP contribution is 2.24. The van der Waals surface area contributed by atoms with Gasteiger partial charge in [-0.05, 0) is 35.9 Å². The fourth-order valence-electron chi connectivity index (χ4n) is 2.09. The zero-order valence-corrected chi connectivity index (χ0v) is 14.1. The molecule has 0 aliphatic carbocycles. The largest absolute Gasteiger partial charge is 0.489 e. The lowest BCUT2D eigenvalue weighted by molar-refractivity contribution is -0.142. The van der Waals surface area contributed by atoms with Crippen LogP contribution in [0.4, 0.5) is 0 Å². The summed E-state index contributed by atoms with van der Waals surface area (Å²) in [5.41, 5.74) is 0.977. The van der Waals surface area contributed by atoms with Crippen molar-refractivity contribution in [2.24, 2.45) is 0 Å². The quantitative estimate of drug-likeness (QED) is 0.390. The minimum Gasteiger partial charge on any atom is -0.489 e. The van der Waals surface area contributed by atoms with Crippen molar-refractivity contribution in [3.63, 3.8) is 0 Å². The van der Waals surface area contributed by atoms with Gasteiger partial charge in [-0.25, -0.2) is 4.79 Å². The van der Waals surface area contributed by atoms with Crippen molar-refractivity contribution in [2.45, 2.75) is 19.4 Å². The number of benzene rings is 2. The van der Waals surface area contributed by atoms with Crippen molar-refractivity contribution >= 4 is 24.2 Å². The Morgan fingerprint density at radius 2 is 1.67 bits per heavy atom. The Hall–Kier alpha value is -3.68. The number of aromatic carboxylic acids is 1. The Balaban J connectivity index is 2.00. The summed E-state index contributed by atoms with van der Waals surface area (Å²) in [4.78, 5) is 44.1. The highest BCUT2D eigenvalue weighted by Gasteiger charge is 2.12. The molecule has 2 N–H and O–H groups in total. The molecule has 8 nitrogen and oxygen atoms in total. The molecule has 0 atom stereocenters. The van der Waals surface area contributed by atoms with Gasteiger partial charge in [0.15, 0.2) is 6.29 Å². The van der Waals surface area contributed by atoms with E-state index in [-0.39, 0.29) is 36.3 Å². The molecule has 0 radical (unpaired) electrons. The molecular formula is C19H16O8. The number of aldehydes is 1. The zero-order valence-electron chi connectivity index (χ0n) is 14.1. The monoisotopic (exact) mass is 372 g/mol. The van der Waals surface area contributed by atoms with Crippen LogP contribution in [-0.2, 0) is 16.2 Å². The lowest BCUT2D eigenvalue weighted by atomic mass is 10.1. The number of carboxylic acid groups (broad SMARTS) is 2. The van der Waals surface area contributed by atoms with Gasteiger partial charge in [0.2, 0.25) is 0 Å². The molecule has 0 saturated heterocycles. The summed E-state index contributed by atoms with van der Waals surface area (Å²) in [6, 6.07) is 10.4. The van der Waals surface area contributed by atoms with Gasteiger partial charge in [0, 0.05) is 0 Å². The molecule has 2 aromatic carbocycles. The van der Waals surface area contributed by atoms with Crippen molar-refractivity contribution < 1.29 is 38.9 Å². The number of aliphatic carboxylic acids is 1. The van der Waals surface area contributed by atoms with Crippen molar-refractivity contribution in [3.8, 4) is 11.5 Å². The van der Waals surface area contributed by atoms with Crippen LogP contribution in [0.5, 0.6) is 11.5 Å². The fraction of sp³-hybridized carbons (Fsp3) is 0.158. The van der Waals surface area contributed by atoms with Gasteiger partial charge in [-0.3, -0.25) is 14.4 Å². The Kier molecular flexibility index (Phi) is 6.65. The molecule has 0 unspecified atom stereocenters. The Morgan fingerprint density at radius 1 is 0.963 bits per heavy atom. The van der Waals surface area contributed by atoms with Crippen molar-refractivity contribution in [3.05, 3.63) is 59.2 Å². The molecule has 0 aliphatic heterocycles. The van der Waals surface area contributed by atoms with Crippen LogP contribution < -0.4 is 9.47 Å². The summed E-state index contributed by atoms with van der Waals surface area (Å²) in [6.45, 7) is 0.149. The predicted molar refractivity (Wildman–Crippen MR) is 92.1 cm³/mol. The van der Waals surface area contributed by atoms with E-state index in [4.69, 9.17) is 19.7 Å². The molecule has 2 aromatic rings. The summed E-state index contributed by atoms with van der Waals surface area (Å²) >= 11 is 0. The smallest absolute Gasteiger partial charge is 0.335 e. The van der Waals surface area contributed by atoms with Crippen LogP contribution in [0.2, 0.25) is 0 Å². The normalized spacial score (nSPS) is 10.1. The maximum atomic E-state index is 11.6. The number of ether oxygens (including phenoxy) is 2. The van der Waals surface area contributed by atoms with Crippen molar-refractivity contribution in [1.29, 1.82) is 0 Å². The molecule has 0 fully saturated rings. The molecule has 0 spiro atoms. The Bertz CT molecular complexity index is 855. The molecule has 0 aromatic heterocycles. The first-order valence-corrected chi connectivity index (χ1v) is 7.86. The molecule has 8 heteroatoms. The minimum atomic E-state index is -1.12. The van der Waals surface area contributed by atoms with E-state index >= 15 is 0 Å². The highest BCUT2D eigenvalue weighted by atomic mass is 16.5. The van der Waals surface area contributed by atoms with Gasteiger partial charge in [0.1, 0.15) is 18.1 Å². The lowest BCUT2D eigenvalue weighted by Crippen LogP contribution is -2.11. The van der Waals surface area contributed by atoms with Gasteiger partial charge in [-0.2, -0.15) is 0 Å². The van der Waals surface area contributed by atoms with Gasteiger partial charge in [0.25, 0.3) is 0 Å². The maximum Gasteiger partial charge on any atom is 0.335 e. The van der Waals surface area contributed by atoms with Crippen LogP contribution in [0, 0.1) is 0 Å². The topological polar surface area (TPSA) is 127 Å². The number of carbonyl (C=O) groups excluding carboxylic acids is 2. The first kappa shape index (κ1) is 19.6. The molecule has 0 aliphatic rings. The average Bonchev–Trinajstić information content (AvgIpc) is 2.65. The second-order valence-electron chi connectivity index (χ2n) is 5.48. The molecular weight excluding hydrogens is 356 g/mol. The predicted octanol–water partition coefficient (Wildman–Crippen LogP) is 2.55. The molecule has 0 amide bonds. The summed E-state index contributed by atoms with van der Waals surface area (Å²) in [6.07, 6.45) is -0.177. The third kappa shape index (κ3) is 5.96. The van der Waals surface area contributed by atoms with E-state index in [1.165, 1.54) is 30.3 Å². The number of carboxylic acids is 2. The van der Waals surface area contributed by atoms with E-state index in [1.54, 1.807) is 12.1 Å². The number of carbonyl (C=O) groups is 4. The first-order valence-electron chi connectivity index (χ1n) is 7.86. The van der Waals surface area contributed by atoms with Gasteiger partial charge >= 0.3 is 17.9 Å². The number of hydrogen-bond acceptors (Lipinski definition) is 6. The number of rotatable bonds is 9. The summed E-state index contributed by atoms with van der Waals surface area (Å²) < 4.78 is 10.5. The lowest BCUT2D eigenvalue weighted by Gasteiger charge is -2.10. The maximum absolute atomic E-state index is 11.6. The SMILES string of the molecule is O=Cc1cc(OCc2ccc(C(=O)O)cc2)ccc1OC(=O)CCC(=O)O. The minimum absolute atomic E-state index is 0.0125. The summed E-state index contributed by atoms with van der Waals surface area (Å²) in [5.74, 6) is -2.54. The van der Waals surface area contributed by atoms with E-state index in [2.05, 4.69) is 0 Å². The van der Waals surface area contributed by atoms with Crippen molar-refractivity contribution in [2.75, 3.05) is 0 Å². The van der Waals surface area contributed by atoms with Gasteiger partial charge < -0.3 is 19.7 Å². The van der Waals surface area contributed by atoms with Crippen LogP contribution in [0.25, 0.3) is 0 Å². The second kappa shape index (κ2) is 9.14. The molecule has 0 bridgehead atoms. The van der Waals surface area contributed by atoms with Crippen LogP contribution in [-0.4, -0.2) is 34.4 Å². The summed E-state index contributed by atoms with van der Waals surface area (Å²) in [7, 11) is 0. The molecule has 0 heterocycles. The molecule has 0 saturated carbocycles. The van der Waals surface area contributed by atoms with E-state index in [9.17, 15) is 19.2 Å². The summed E-state index contributed by atoms with van der Waals surface area (Å²) in [5, 5.41) is 17.4. The highest BCUT2D eigenvalue weighted by molar-refractivity contribution is 5.87. The fourth-order valence-corrected chi connectivity index (χ4v) is 2.09. The van der Waals surface area contributed by atoms with Gasteiger partial charge in [0.05, 0.1) is 24.0 Å². The van der Waals surface area contributed by atoms with Crippen LogP contribution >= 0.6 is 0 Å². The second-order valence-corrected chi connectivity index (χ2v) is 5.48. The first-order chi connectivity index (χ1) is 12.9. The number of esters is 1. The van der Waals surface area contributed by atoms with Crippen LogP contribution in [0.1, 0.15) is 39.1 Å². The number of hydrogen-bond donors (Lipinski definition) is 2. The van der Waals surface area contributed by atoms with Gasteiger partial charge in [-0.15, -0.1) is 0 Å². The molecule has 2 rings (SSSR count). The third-order valence-corrected chi connectivity index (χ3v) is 3.48. The van der Waals surface area contributed by atoms with E-state index < -0.39 is 17.9 Å². The zero-order chi connectivity index (χ0) is 19.8. The third-order valence-electron chi connectivity index (χ3n) is 3.48.